The summed E-state index contributed by atoms with van der Waals surface area (Å²) < 4.78 is 1.85. The number of nitrogen functional groups attached to an aromatic ring is 1. The number of hydrogen-bond donors (Lipinski definition) is 1. The van der Waals surface area contributed by atoms with E-state index in [4.69, 9.17) is 5.73 Å². The number of benzene rings is 1. The average Bonchev–Trinajstić information content (AvgIpc) is 2.71. The fourth-order valence-electron chi connectivity index (χ4n) is 1.88. The molecule has 0 saturated heterocycles. The van der Waals surface area contributed by atoms with E-state index >= 15 is 0 Å². The quantitative estimate of drug-likeness (QED) is 0.683. The van der Waals surface area contributed by atoms with Crippen molar-refractivity contribution >= 4 is 16.7 Å². The van der Waals surface area contributed by atoms with Gasteiger partial charge in [0, 0.05) is 18.0 Å². The van der Waals surface area contributed by atoms with Crippen LogP contribution in [-0.2, 0) is 7.05 Å². The molecule has 0 atom stereocenters. The van der Waals surface area contributed by atoms with E-state index in [1.807, 2.05) is 36.1 Å². The number of anilines is 1. The molecule has 1 aromatic carbocycles. The van der Waals surface area contributed by atoms with Crippen molar-refractivity contribution < 1.29 is 0 Å². The molecule has 0 aliphatic carbocycles. The molecule has 5 heteroatoms. The maximum Gasteiger partial charge on any atom is 0.146 e. The summed E-state index contributed by atoms with van der Waals surface area (Å²) in [6.07, 6.45) is 3.55. The Morgan fingerprint density at radius 2 is 2.00 bits per heavy atom. The van der Waals surface area contributed by atoms with Crippen molar-refractivity contribution in [3.63, 3.8) is 0 Å². The first-order valence-corrected chi connectivity index (χ1v) is 5.24. The van der Waals surface area contributed by atoms with Gasteiger partial charge in [0.2, 0.25) is 0 Å². The topological polar surface area (TPSA) is 69.6 Å². The lowest BCUT2D eigenvalue weighted by atomic mass is 10.1. The van der Waals surface area contributed by atoms with Crippen LogP contribution in [0.1, 0.15) is 0 Å². The summed E-state index contributed by atoms with van der Waals surface area (Å²) >= 11 is 0. The molecule has 0 amide bonds. The van der Waals surface area contributed by atoms with E-state index in [0.29, 0.717) is 5.82 Å². The molecule has 3 rings (SSSR count). The van der Waals surface area contributed by atoms with Gasteiger partial charge in [-0.3, -0.25) is 4.68 Å². The van der Waals surface area contributed by atoms with Crippen molar-refractivity contribution in [3.05, 3.63) is 36.7 Å². The van der Waals surface area contributed by atoms with Crippen LogP contribution in [-0.4, -0.2) is 20.0 Å². The Balaban J connectivity index is 2.18. The summed E-state index contributed by atoms with van der Waals surface area (Å²) in [6, 6.07) is 7.94. The predicted molar refractivity (Wildman–Crippen MR) is 66.2 cm³/mol. The third-order valence-electron chi connectivity index (χ3n) is 2.75. The molecule has 3 aromatic rings. The summed E-state index contributed by atoms with van der Waals surface area (Å²) in [5, 5.41) is 12.9. The minimum Gasteiger partial charge on any atom is -0.382 e. The van der Waals surface area contributed by atoms with Gasteiger partial charge in [-0.15, -0.1) is 5.10 Å². The number of nitrogens with two attached hydrogens (primary N) is 1. The first-order chi connectivity index (χ1) is 8.24. The van der Waals surface area contributed by atoms with Crippen molar-refractivity contribution in [1.29, 1.82) is 0 Å². The lowest BCUT2D eigenvalue weighted by molar-refractivity contribution is 0.797. The molecule has 0 aliphatic rings. The second-order valence-corrected chi connectivity index (χ2v) is 3.91. The van der Waals surface area contributed by atoms with Gasteiger partial charge >= 0.3 is 0 Å². The summed E-state index contributed by atoms with van der Waals surface area (Å²) in [5.41, 5.74) is 8.75. The van der Waals surface area contributed by atoms with Gasteiger partial charge in [0.25, 0.3) is 0 Å². The Bertz CT molecular complexity index is 686. The van der Waals surface area contributed by atoms with Crippen molar-refractivity contribution in [2.75, 3.05) is 5.73 Å². The van der Waals surface area contributed by atoms with Gasteiger partial charge in [0.15, 0.2) is 0 Å². The Labute approximate surface area is 97.9 Å². The average molecular weight is 225 g/mol. The maximum atomic E-state index is 5.62. The van der Waals surface area contributed by atoms with Gasteiger partial charge in [-0.1, -0.05) is 6.07 Å². The van der Waals surface area contributed by atoms with Crippen LogP contribution in [0.4, 0.5) is 5.82 Å². The summed E-state index contributed by atoms with van der Waals surface area (Å²) in [4.78, 5) is 0. The van der Waals surface area contributed by atoms with Gasteiger partial charge in [-0.05, 0) is 23.8 Å². The van der Waals surface area contributed by atoms with Crippen molar-refractivity contribution in [2.24, 2.45) is 7.05 Å². The van der Waals surface area contributed by atoms with Crippen molar-refractivity contribution in [1.82, 2.24) is 20.0 Å². The minimum atomic E-state index is 0.425. The lowest BCUT2D eigenvalue weighted by Gasteiger charge is -2.02. The molecule has 0 unspecified atom stereocenters. The smallest absolute Gasteiger partial charge is 0.146 e. The molecular formula is C12H11N5. The number of aromatic nitrogens is 4. The third-order valence-corrected chi connectivity index (χ3v) is 2.75. The monoisotopic (exact) mass is 225 g/mol. The molecule has 0 spiro atoms. The van der Waals surface area contributed by atoms with Gasteiger partial charge in [-0.25, -0.2) is 0 Å². The summed E-state index contributed by atoms with van der Waals surface area (Å²) in [5.74, 6) is 0.425. The van der Waals surface area contributed by atoms with Gasteiger partial charge < -0.3 is 5.73 Å². The van der Waals surface area contributed by atoms with Crippen LogP contribution < -0.4 is 5.73 Å². The molecule has 0 radical (unpaired) electrons. The zero-order valence-corrected chi connectivity index (χ0v) is 9.33. The highest BCUT2D eigenvalue weighted by atomic mass is 15.2. The SMILES string of the molecule is Cn1ncc2cc(-c3cnnc(N)c3)ccc21. The van der Waals surface area contributed by atoms with Crippen LogP contribution in [0.5, 0.6) is 0 Å². The highest BCUT2D eigenvalue weighted by Gasteiger charge is 2.03. The molecule has 84 valence electrons. The van der Waals surface area contributed by atoms with E-state index in [2.05, 4.69) is 21.4 Å². The summed E-state index contributed by atoms with van der Waals surface area (Å²) in [6.45, 7) is 0. The molecule has 0 saturated carbocycles. The highest BCUT2D eigenvalue weighted by molar-refractivity contribution is 5.84. The molecule has 5 nitrogen and oxygen atoms in total. The largest absolute Gasteiger partial charge is 0.382 e. The first-order valence-electron chi connectivity index (χ1n) is 5.24. The molecule has 0 bridgehead atoms. The lowest BCUT2D eigenvalue weighted by Crippen LogP contribution is -1.93. The van der Waals surface area contributed by atoms with Crippen LogP contribution in [0.2, 0.25) is 0 Å². The highest BCUT2D eigenvalue weighted by Crippen LogP contribution is 2.24. The van der Waals surface area contributed by atoms with Crippen LogP contribution in [0, 0.1) is 0 Å². The normalized spacial score (nSPS) is 10.9. The number of hydrogen-bond acceptors (Lipinski definition) is 4. The predicted octanol–water partition coefficient (Wildman–Crippen LogP) is 1.61. The van der Waals surface area contributed by atoms with Crippen LogP contribution >= 0.6 is 0 Å². The van der Waals surface area contributed by atoms with E-state index < -0.39 is 0 Å². The zero-order valence-electron chi connectivity index (χ0n) is 9.33. The fraction of sp³-hybridized carbons (Fsp3) is 0.0833. The Hall–Kier alpha value is -2.43. The Morgan fingerprint density at radius 1 is 1.12 bits per heavy atom. The van der Waals surface area contributed by atoms with Gasteiger partial charge in [0.05, 0.1) is 17.9 Å². The molecule has 0 aliphatic heterocycles. The number of rotatable bonds is 1. The van der Waals surface area contributed by atoms with Gasteiger partial charge in [0.1, 0.15) is 5.82 Å². The van der Waals surface area contributed by atoms with Crippen LogP contribution in [0.15, 0.2) is 36.7 Å². The van der Waals surface area contributed by atoms with Crippen molar-refractivity contribution in [3.8, 4) is 11.1 Å². The van der Waals surface area contributed by atoms with E-state index in [-0.39, 0.29) is 0 Å². The molecule has 0 fully saturated rings. The number of aryl methyl sites for hydroxylation is 1. The van der Waals surface area contributed by atoms with E-state index in [0.717, 1.165) is 22.0 Å². The van der Waals surface area contributed by atoms with Crippen LogP contribution in [0.25, 0.3) is 22.0 Å². The zero-order chi connectivity index (χ0) is 11.8. The second kappa shape index (κ2) is 3.55. The molecule has 2 aromatic heterocycles. The molecular weight excluding hydrogens is 214 g/mol. The molecule has 2 N–H and O–H groups in total. The molecule has 17 heavy (non-hydrogen) atoms. The van der Waals surface area contributed by atoms with Crippen molar-refractivity contribution in [2.45, 2.75) is 0 Å². The third kappa shape index (κ3) is 1.61. The Kier molecular flexibility index (Phi) is 2.04. The van der Waals surface area contributed by atoms with E-state index in [9.17, 15) is 0 Å². The second-order valence-electron chi connectivity index (χ2n) is 3.91. The summed E-state index contributed by atoms with van der Waals surface area (Å²) in [7, 11) is 1.92. The molecule has 2 heterocycles. The Morgan fingerprint density at radius 3 is 2.82 bits per heavy atom. The standard InChI is InChI=1S/C12H11N5/c1-17-11-3-2-8(4-10(11)7-15-17)9-5-12(13)16-14-6-9/h2-7H,1H3,(H2,13,16). The van der Waals surface area contributed by atoms with E-state index in [1.165, 1.54) is 0 Å². The maximum absolute atomic E-state index is 5.62. The number of fused-ring (bicyclic) bond motifs is 1. The fourth-order valence-corrected chi connectivity index (χ4v) is 1.88. The minimum absolute atomic E-state index is 0.425. The van der Waals surface area contributed by atoms with Gasteiger partial charge in [-0.2, -0.15) is 10.2 Å². The van der Waals surface area contributed by atoms with Crippen LogP contribution in [0.3, 0.4) is 0 Å². The first kappa shape index (κ1) is 9.77. The number of nitrogens with zero attached hydrogens (tertiary/aromatic N) is 4. The van der Waals surface area contributed by atoms with E-state index in [1.54, 1.807) is 6.20 Å².